The third-order valence-corrected chi connectivity index (χ3v) is 3.85. The van der Waals surface area contributed by atoms with E-state index < -0.39 is 17.2 Å². The molecule has 1 saturated carbocycles. The molecule has 0 spiro atoms. The van der Waals surface area contributed by atoms with Crippen LogP contribution in [0.2, 0.25) is 0 Å². The van der Waals surface area contributed by atoms with Gasteiger partial charge in [-0.3, -0.25) is 4.79 Å². The summed E-state index contributed by atoms with van der Waals surface area (Å²) < 4.78 is 24.5. The zero-order valence-corrected chi connectivity index (χ0v) is 11.0. The van der Waals surface area contributed by atoms with Crippen LogP contribution in [0.4, 0.5) is 4.39 Å². The maximum atomic E-state index is 14.4. The van der Waals surface area contributed by atoms with Crippen LogP contribution in [-0.2, 0) is 10.2 Å². The Morgan fingerprint density at radius 2 is 1.89 bits per heavy atom. The number of rotatable bonds is 4. The number of halogens is 1. The second kappa shape index (κ2) is 5.07. The van der Waals surface area contributed by atoms with Gasteiger partial charge in [-0.1, -0.05) is 12.8 Å². The maximum Gasteiger partial charge on any atom is 0.314 e. The van der Waals surface area contributed by atoms with Gasteiger partial charge in [0.2, 0.25) is 0 Å². The highest BCUT2D eigenvalue weighted by molar-refractivity contribution is 5.82. The van der Waals surface area contributed by atoms with Crippen molar-refractivity contribution in [3.05, 3.63) is 23.5 Å². The molecule has 4 nitrogen and oxygen atoms in total. The molecule has 2 rings (SSSR count). The summed E-state index contributed by atoms with van der Waals surface area (Å²) >= 11 is 0. The molecule has 19 heavy (non-hydrogen) atoms. The average molecular weight is 268 g/mol. The van der Waals surface area contributed by atoms with Crippen molar-refractivity contribution in [2.24, 2.45) is 0 Å². The topological polar surface area (TPSA) is 55.8 Å². The van der Waals surface area contributed by atoms with Crippen molar-refractivity contribution in [2.75, 3.05) is 14.2 Å². The van der Waals surface area contributed by atoms with E-state index in [0.717, 1.165) is 12.8 Å². The summed E-state index contributed by atoms with van der Waals surface area (Å²) in [6, 6.07) is 2.89. The number of benzene rings is 1. The zero-order valence-electron chi connectivity index (χ0n) is 11.0. The van der Waals surface area contributed by atoms with E-state index in [4.69, 9.17) is 9.47 Å². The largest absolute Gasteiger partial charge is 0.497 e. The quantitative estimate of drug-likeness (QED) is 0.912. The molecular weight excluding hydrogens is 251 g/mol. The molecule has 0 atom stereocenters. The number of methoxy groups -OCH3 is 2. The first kappa shape index (κ1) is 13.6. The summed E-state index contributed by atoms with van der Waals surface area (Å²) in [7, 11) is 2.81. The molecule has 0 radical (unpaired) electrons. The summed E-state index contributed by atoms with van der Waals surface area (Å²) in [6.07, 6.45) is 2.45. The number of ether oxygens (including phenoxy) is 2. The van der Waals surface area contributed by atoms with Crippen LogP contribution in [-0.4, -0.2) is 25.3 Å². The molecule has 1 aliphatic rings. The number of carboxylic acids is 1. The fourth-order valence-corrected chi connectivity index (χ4v) is 2.76. The predicted octanol–water partition coefficient (Wildman–Crippen LogP) is 2.74. The molecule has 0 heterocycles. The maximum absolute atomic E-state index is 14.4. The van der Waals surface area contributed by atoms with Crippen molar-refractivity contribution < 1.29 is 23.8 Å². The second-order valence-electron chi connectivity index (χ2n) is 4.79. The second-order valence-corrected chi connectivity index (χ2v) is 4.79. The fourth-order valence-electron chi connectivity index (χ4n) is 2.76. The summed E-state index contributed by atoms with van der Waals surface area (Å²) in [5.41, 5.74) is -1.000. The lowest BCUT2D eigenvalue weighted by Crippen LogP contribution is -2.33. The van der Waals surface area contributed by atoms with Gasteiger partial charge in [-0.15, -0.1) is 0 Å². The third kappa shape index (κ3) is 2.13. The van der Waals surface area contributed by atoms with E-state index in [0.29, 0.717) is 18.6 Å². The lowest BCUT2D eigenvalue weighted by molar-refractivity contribution is -0.143. The van der Waals surface area contributed by atoms with Crippen molar-refractivity contribution >= 4 is 5.97 Å². The zero-order chi connectivity index (χ0) is 14.0. The van der Waals surface area contributed by atoms with E-state index in [9.17, 15) is 14.3 Å². The first-order chi connectivity index (χ1) is 9.05. The van der Waals surface area contributed by atoms with Crippen LogP contribution in [0.3, 0.4) is 0 Å². The number of carbonyl (C=O) groups is 1. The Bertz CT molecular complexity index is 492. The van der Waals surface area contributed by atoms with Crippen molar-refractivity contribution in [3.8, 4) is 11.5 Å². The standard InChI is InChI=1S/C14H17FO4/c1-18-9-7-10(12(15)11(8-9)19-2)14(13(16)17)5-3-4-6-14/h7-8H,3-6H2,1-2H3,(H,16,17). The number of hydrogen-bond donors (Lipinski definition) is 1. The molecule has 104 valence electrons. The first-order valence-corrected chi connectivity index (χ1v) is 6.20. The molecule has 0 bridgehead atoms. The Morgan fingerprint density at radius 3 is 2.37 bits per heavy atom. The van der Waals surface area contributed by atoms with Gasteiger partial charge >= 0.3 is 5.97 Å². The van der Waals surface area contributed by atoms with E-state index in [1.807, 2.05) is 0 Å². The normalized spacial score (nSPS) is 17.2. The Morgan fingerprint density at radius 1 is 1.26 bits per heavy atom. The molecule has 0 unspecified atom stereocenters. The average Bonchev–Trinajstić information content (AvgIpc) is 2.89. The SMILES string of the molecule is COc1cc(OC)c(F)c(C2(C(=O)O)CCCC2)c1. The van der Waals surface area contributed by atoms with Crippen molar-refractivity contribution in [3.63, 3.8) is 0 Å². The molecular formula is C14H17FO4. The van der Waals surface area contributed by atoms with Gasteiger partial charge in [-0.2, -0.15) is 0 Å². The minimum Gasteiger partial charge on any atom is -0.497 e. The van der Waals surface area contributed by atoms with Gasteiger partial charge in [0.1, 0.15) is 5.75 Å². The highest BCUT2D eigenvalue weighted by Crippen LogP contribution is 2.45. The van der Waals surface area contributed by atoms with Gasteiger partial charge in [-0.25, -0.2) is 4.39 Å². The van der Waals surface area contributed by atoms with Crippen LogP contribution < -0.4 is 9.47 Å². The molecule has 1 aromatic carbocycles. The van der Waals surface area contributed by atoms with E-state index in [1.54, 1.807) is 0 Å². The van der Waals surface area contributed by atoms with E-state index in [-0.39, 0.29) is 11.3 Å². The van der Waals surface area contributed by atoms with Gasteiger partial charge in [0.25, 0.3) is 0 Å². The monoisotopic (exact) mass is 268 g/mol. The minimum atomic E-state index is -1.16. The molecule has 1 aliphatic carbocycles. The first-order valence-electron chi connectivity index (χ1n) is 6.20. The van der Waals surface area contributed by atoms with Gasteiger partial charge < -0.3 is 14.6 Å². The lowest BCUT2D eigenvalue weighted by atomic mass is 9.78. The van der Waals surface area contributed by atoms with Gasteiger partial charge in [-0.05, 0) is 18.9 Å². The third-order valence-electron chi connectivity index (χ3n) is 3.85. The Balaban J connectivity index is 2.62. The summed E-state index contributed by atoms with van der Waals surface area (Å²) in [4.78, 5) is 11.6. The summed E-state index contributed by atoms with van der Waals surface area (Å²) in [5.74, 6) is -1.17. The van der Waals surface area contributed by atoms with Crippen LogP contribution >= 0.6 is 0 Å². The molecule has 1 N–H and O–H groups in total. The van der Waals surface area contributed by atoms with Crippen LogP contribution in [0.5, 0.6) is 11.5 Å². The smallest absolute Gasteiger partial charge is 0.314 e. The summed E-state index contributed by atoms with van der Waals surface area (Å²) in [5, 5.41) is 9.52. The number of hydrogen-bond acceptors (Lipinski definition) is 3. The molecule has 0 saturated heterocycles. The number of aliphatic carboxylic acids is 1. The number of carboxylic acid groups (broad SMARTS) is 1. The molecule has 1 fully saturated rings. The van der Waals surface area contributed by atoms with Crippen molar-refractivity contribution in [2.45, 2.75) is 31.1 Å². The predicted molar refractivity (Wildman–Crippen MR) is 67.3 cm³/mol. The molecule has 5 heteroatoms. The van der Waals surface area contributed by atoms with Crippen LogP contribution in [0.1, 0.15) is 31.2 Å². The van der Waals surface area contributed by atoms with Gasteiger partial charge in [0, 0.05) is 11.6 Å². The van der Waals surface area contributed by atoms with Crippen molar-refractivity contribution in [1.29, 1.82) is 0 Å². The molecule has 0 aromatic heterocycles. The van der Waals surface area contributed by atoms with Gasteiger partial charge in [0.05, 0.1) is 19.6 Å². The van der Waals surface area contributed by atoms with Crippen LogP contribution in [0, 0.1) is 5.82 Å². The van der Waals surface area contributed by atoms with Gasteiger partial charge in [0.15, 0.2) is 11.6 Å². The van der Waals surface area contributed by atoms with E-state index in [2.05, 4.69) is 0 Å². The highest BCUT2D eigenvalue weighted by Gasteiger charge is 2.45. The molecule has 0 aliphatic heterocycles. The van der Waals surface area contributed by atoms with E-state index in [1.165, 1.54) is 26.4 Å². The van der Waals surface area contributed by atoms with Crippen LogP contribution in [0.15, 0.2) is 12.1 Å². The minimum absolute atomic E-state index is 0.0156. The fraction of sp³-hybridized carbons (Fsp3) is 0.500. The Hall–Kier alpha value is -1.78. The summed E-state index contributed by atoms with van der Waals surface area (Å²) in [6.45, 7) is 0. The van der Waals surface area contributed by atoms with Crippen molar-refractivity contribution in [1.82, 2.24) is 0 Å². The Labute approximate surface area is 111 Å². The Kier molecular flexibility index (Phi) is 3.64. The lowest BCUT2D eigenvalue weighted by Gasteiger charge is -2.26. The molecule has 1 aromatic rings. The van der Waals surface area contributed by atoms with Crippen LogP contribution in [0.25, 0.3) is 0 Å². The van der Waals surface area contributed by atoms with E-state index >= 15 is 0 Å². The molecule has 0 amide bonds. The highest BCUT2D eigenvalue weighted by atomic mass is 19.1.